The Labute approximate surface area is 74.4 Å². The molecule has 0 aliphatic rings. The summed E-state index contributed by atoms with van der Waals surface area (Å²) in [4.78, 5) is 0. The van der Waals surface area contributed by atoms with Gasteiger partial charge in [0.1, 0.15) is 0 Å². The van der Waals surface area contributed by atoms with E-state index >= 15 is 0 Å². The molecule has 0 atom stereocenters. The van der Waals surface area contributed by atoms with Crippen LogP contribution in [0.5, 0.6) is 0 Å². The van der Waals surface area contributed by atoms with Crippen LogP contribution in [-0.4, -0.2) is 21.9 Å². The van der Waals surface area contributed by atoms with Gasteiger partial charge in [-0.05, 0) is 0 Å². The van der Waals surface area contributed by atoms with Gasteiger partial charge in [0.2, 0.25) is 0 Å². The predicted molar refractivity (Wildman–Crippen MR) is 46.3 cm³/mol. The number of hydrogen-bond donors (Lipinski definition) is 0. The molecule has 0 fully saturated rings. The van der Waals surface area contributed by atoms with E-state index in [1.54, 1.807) is 0 Å². The molecule has 10 heavy (non-hydrogen) atoms. The van der Waals surface area contributed by atoms with Gasteiger partial charge in [-0.2, -0.15) is 0 Å². The molecule has 0 unspecified atom stereocenters. The van der Waals surface area contributed by atoms with Gasteiger partial charge in [0.05, 0.1) is 0 Å². The van der Waals surface area contributed by atoms with Crippen molar-refractivity contribution in [2.45, 2.75) is 6.42 Å². The summed E-state index contributed by atoms with van der Waals surface area (Å²) >= 11 is 8.59. The molecule has 2 heteroatoms. The second-order valence-corrected chi connectivity index (χ2v) is 3.35. The fraction of sp³-hybridized carbons (Fsp3) is 0.250. The molecule has 53 valence electrons. The molecule has 0 amide bonds. The normalized spacial score (nSPS) is 9.70. The van der Waals surface area contributed by atoms with Crippen molar-refractivity contribution in [3.63, 3.8) is 0 Å². The fourth-order valence-corrected chi connectivity index (χ4v) is 1.54. The number of alkyl halides is 1. The Kier molecular flexibility index (Phi) is 3.27. The van der Waals surface area contributed by atoms with Crippen LogP contribution >= 0.6 is 11.6 Å². The second kappa shape index (κ2) is 4.02. The Bertz CT molecular complexity index is 210. The zero-order valence-corrected chi connectivity index (χ0v) is 7.98. The van der Waals surface area contributed by atoms with Crippen molar-refractivity contribution >= 4 is 32.1 Å². The summed E-state index contributed by atoms with van der Waals surface area (Å²) in [5.41, 5.74) is 1.30. The molecule has 0 nitrogen and oxygen atoms in total. The van der Waals surface area contributed by atoms with Crippen LogP contribution < -0.4 is 4.46 Å². The van der Waals surface area contributed by atoms with Gasteiger partial charge in [0.25, 0.3) is 0 Å². The van der Waals surface area contributed by atoms with E-state index in [0.29, 0.717) is 5.88 Å². The first-order chi connectivity index (χ1) is 4.84. The molecule has 1 rings (SSSR count). The molecule has 0 saturated carbocycles. The SMILES string of the molecule is ClCCc1ccccc1[Se]. The molecular weight excluding hydrogens is 211 g/mol. The van der Waals surface area contributed by atoms with Crippen molar-refractivity contribution in [1.82, 2.24) is 0 Å². The molecule has 0 aliphatic heterocycles. The Hall–Kier alpha value is 0.0295. The third-order valence-corrected chi connectivity index (χ3v) is 2.36. The molecule has 1 radical (unpaired) electrons. The second-order valence-electron chi connectivity index (χ2n) is 2.05. The van der Waals surface area contributed by atoms with Crippen LogP contribution in [0.2, 0.25) is 0 Å². The van der Waals surface area contributed by atoms with E-state index in [1.807, 2.05) is 12.1 Å². The molecular formula is C8H8ClSe. The Balaban J connectivity index is 2.81. The quantitative estimate of drug-likeness (QED) is 0.518. The zero-order chi connectivity index (χ0) is 7.40. The Morgan fingerprint density at radius 3 is 2.60 bits per heavy atom. The molecule has 0 aliphatic carbocycles. The van der Waals surface area contributed by atoms with E-state index in [9.17, 15) is 0 Å². The van der Waals surface area contributed by atoms with Crippen molar-refractivity contribution in [2.24, 2.45) is 0 Å². The van der Waals surface area contributed by atoms with Gasteiger partial charge in [-0.15, -0.1) is 0 Å². The van der Waals surface area contributed by atoms with Crippen LogP contribution in [0.4, 0.5) is 0 Å². The molecule has 0 heterocycles. The first kappa shape index (κ1) is 8.13. The maximum atomic E-state index is 5.59. The number of benzene rings is 1. The zero-order valence-electron chi connectivity index (χ0n) is 5.51. The van der Waals surface area contributed by atoms with E-state index < -0.39 is 0 Å². The van der Waals surface area contributed by atoms with Crippen molar-refractivity contribution in [1.29, 1.82) is 0 Å². The van der Waals surface area contributed by atoms with Gasteiger partial charge < -0.3 is 0 Å². The molecule has 0 N–H and O–H groups in total. The topological polar surface area (TPSA) is 0 Å². The van der Waals surface area contributed by atoms with E-state index in [2.05, 4.69) is 28.1 Å². The van der Waals surface area contributed by atoms with E-state index in [0.717, 1.165) is 6.42 Å². The van der Waals surface area contributed by atoms with Gasteiger partial charge in [0, 0.05) is 0 Å². The van der Waals surface area contributed by atoms with Crippen molar-refractivity contribution in [3.8, 4) is 0 Å². The van der Waals surface area contributed by atoms with Crippen LogP contribution in [0.25, 0.3) is 0 Å². The average molecular weight is 219 g/mol. The summed E-state index contributed by atoms with van der Waals surface area (Å²) in [5, 5.41) is 0. The molecule has 0 bridgehead atoms. The van der Waals surface area contributed by atoms with Gasteiger partial charge in [-0.3, -0.25) is 0 Å². The first-order valence-electron chi connectivity index (χ1n) is 3.15. The number of aryl methyl sites for hydroxylation is 1. The van der Waals surface area contributed by atoms with Crippen molar-refractivity contribution < 1.29 is 0 Å². The molecule has 1 aromatic rings. The number of hydrogen-bond acceptors (Lipinski definition) is 0. The summed E-state index contributed by atoms with van der Waals surface area (Å²) in [5.74, 6) is 0.693. The molecule has 0 spiro atoms. The van der Waals surface area contributed by atoms with Gasteiger partial charge in [-0.1, -0.05) is 0 Å². The Morgan fingerprint density at radius 1 is 1.30 bits per heavy atom. The minimum absolute atomic E-state index is 0.693. The molecule has 0 aromatic heterocycles. The monoisotopic (exact) mass is 219 g/mol. The van der Waals surface area contributed by atoms with Crippen LogP contribution in [0, 0.1) is 0 Å². The standard InChI is InChI=1S/C8H8ClSe/c9-6-5-7-3-1-2-4-8(7)10/h1-4H,5-6H2. The number of halogens is 1. The van der Waals surface area contributed by atoms with Crippen molar-refractivity contribution in [2.75, 3.05) is 5.88 Å². The predicted octanol–water partition coefficient (Wildman–Crippen LogP) is 1.26. The van der Waals surface area contributed by atoms with E-state index in [4.69, 9.17) is 11.6 Å². The van der Waals surface area contributed by atoms with Gasteiger partial charge in [-0.25, -0.2) is 0 Å². The van der Waals surface area contributed by atoms with Gasteiger partial charge in [0.15, 0.2) is 0 Å². The van der Waals surface area contributed by atoms with Gasteiger partial charge >= 0.3 is 74.2 Å². The van der Waals surface area contributed by atoms with Crippen LogP contribution in [0.15, 0.2) is 24.3 Å². The van der Waals surface area contributed by atoms with Crippen LogP contribution in [-0.2, 0) is 6.42 Å². The summed E-state index contributed by atoms with van der Waals surface area (Å²) in [6.07, 6.45) is 0.949. The maximum absolute atomic E-state index is 5.59. The fourth-order valence-electron chi connectivity index (χ4n) is 0.812. The average Bonchev–Trinajstić information content (AvgIpc) is 1.94. The first-order valence-corrected chi connectivity index (χ1v) is 4.54. The third kappa shape index (κ3) is 2.02. The van der Waals surface area contributed by atoms with Crippen LogP contribution in [0.1, 0.15) is 5.56 Å². The Morgan fingerprint density at radius 2 is 2.00 bits per heavy atom. The minimum atomic E-state index is 0.693. The summed E-state index contributed by atoms with van der Waals surface area (Å²) in [7, 11) is 0. The van der Waals surface area contributed by atoms with E-state index in [1.165, 1.54) is 10.0 Å². The summed E-state index contributed by atoms with van der Waals surface area (Å²) < 4.78 is 1.21. The molecule has 1 aromatic carbocycles. The third-order valence-electron chi connectivity index (χ3n) is 1.34. The summed E-state index contributed by atoms with van der Waals surface area (Å²) in [6, 6.07) is 8.20. The van der Waals surface area contributed by atoms with E-state index in [-0.39, 0.29) is 0 Å². The molecule has 0 saturated heterocycles. The van der Waals surface area contributed by atoms with Crippen LogP contribution in [0.3, 0.4) is 0 Å². The number of rotatable bonds is 2. The van der Waals surface area contributed by atoms with Crippen molar-refractivity contribution in [3.05, 3.63) is 29.8 Å². The summed E-state index contributed by atoms with van der Waals surface area (Å²) in [6.45, 7) is 0.